The maximum Gasteiger partial charge on any atom is 0.272 e. The van der Waals surface area contributed by atoms with Crippen LogP contribution in [0.5, 0.6) is 5.75 Å². The van der Waals surface area contributed by atoms with E-state index in [1.54, 1.807) is 48.5 Å². The van der Waals surface area contributed by atoms with Crippen LogP contribution in [0.4, 0.5) is 11.4 Å². The van der Waals surface area contributed by atoms with E-state index in [0.29, 0.717) is 29.3 Å². The van der Waals surface area contributed by atoms with Gasteiger partial charge in [0.25, 0.3) is 11.8 Å². The molecule has 7 nitrogen and oxygen atoms in total. The van der Waals surface area contributed by atoms with Gasteiger partial charge in [-0.2, -0.15) is 0 Å². The molecule has 0 heterocycles. The highest BCUT2D eigenvalue weighted by molar-refractivity contribution is 8.00. The highest BCUT2D eigenvalue weighted by Gasteiger charge is 2.16. The lowest BCUT2D eigenvalue weighted by Crippen LogP contribution is -2.30. The molecule has 44 heavy (non-hydrogen) atoms. The van der Waals surface area contributed by atoms with Gasteiger partial charge in [0.1, 0.15) is 11.4 Å². The molecule has 0 saturated heterocycles. The number of ether oxygens (including phenoxy) is 1. The van der Waals surface area contributed by atoms with Crippen LogP contribution in [0.1, 0.15) is 22.8 Å². The lowest BCUT2D eigenvalue weighted by atomic mass is 10.0. The largest absolute Gasteiger partial charge is 0.492 e. The van der Waals surface area contributed by atoms with Crippen molar-refractivity contribution < 1.29 is 19.1 Å². The summed E-state index contributed by atoms with van der Waals surface area (Å²) in [7, 11) is 0. The van der Waals surface area contributed by atoms with Crippen molar-refractivity contribution in [2.45, 2.75) is 11.8 Å². The molecule has 0 radical (unpaired) electrons. The fourth-order valence-corrected chi connectivity index (χ4v) is 5.19. The first kappa shape index (κ1) is 30.1. The lowest BCUT2D eigenvalue weighted by molar-refractivity contribution is -0.114. The summed E-state index contributed by atoms with van der Waals surface area (Å²) in [5.41, 5.74) is 2.53. The van der Waals surface area contributed by atoms with Crippen molar-refractivity contribution in [3.8, 4) is 5.75 Å². The van der Waals surface area contributed by atoms with E-state index >= 15 is 0 Å². The predicted molar refractivity (Wildman–Crippen MR) is 178 cm³/mol. The zero-order valence-corrected chi connectivity index (χ0v) is 24.9. The Hall–Kier alpha value is -5.34. The van der Waals surface area contributed by atoms with E-state index in [0.717, 1.165) is 21.2 Å². The second kappa shape index (κ2) is 14.7. The highest BCUT2D eigenvalue weighted by atomic mass is 32.2. The molecule has 3 N–H and O–H groups in total. The topological polar surface area (TPSA) is 96.5 Å². The van der Waals surface area contributed by atoms with Gasteiger partial charge in [0.05, 0.1) is 18.0 Å². The van der Waals surface area contributed by atoms with Gasteiger partial charge in [-0.3, -0.25) is 14.4 Å². The number of hydrogen-bond acceptors (Lipinski definition) is 5. The Morgan fingerprint density at radius 2 is 1.45 bits per heavy atom. The van der Waals surface area contributed by atoms with Crippen molar-refractivity contribution in [3.63, 3.8) is 0 Å². The van der Waals surface area contributed by atoms with Crippen LogP contribution in [0.25, 0.3) is 16.8 Å². The Balaban J connectivity index is 1.27. The number of para-hydroxylation sites is 2. The number of carbonyl (C=O) groups is 3. The van der Waals surface area contributed by atoms with Gasteiger partial charge in [0, 0.05) is 16.1 Å². The Morgan fingerprint density at radius 1 is 0.750 bits per heavy atom. The Kier molecular flexibility index (Phi) is 10.1. The molecule has 0 saturated carbocycles. The quantitative estimate of drug-likeness (QED) is 0.108. The monoisotopic (exact) mass is 601 g/mol. The zero-order chi connectivity index (χ0) is 30.7. The standard InChI is InChI=1S/C36H31N3O4S/c1-2-43-33-18-9-8-17-31(33)38-34(40)24-44-29-21-19-28(20-22-29)37-36(42)32(39-35(41)26-12-4-3-5-13-26)23-27-15-10-14-25-11-6-7-16-30(25)27/h3-23H,2,24H2,1H3,(H,37,42)(H,38,40)(H,39,41)/b32-23-. The molecule has 5 aromatic rings. The van der Waals surface area contributed by atoms with Crippen LogP contribution in [0.15, 0.2) is 132 Å². The summed E-state index contributed by atoms with van der Waals surface area (Å²) < 4.78 is 5.57. The summed E-state index contributed by atoms with van der Waals surface area (Å²) in [6.07, 6.45) is 1.69. The Bertz CT molecular complexity index is 1800. The first-order valence-electron chi connectivity index (χ1n) is 14.1. The minimum absolute atomic E-state index is 0.109. The predicted octanol–water partition coefficient (Wildman–Crippen LogP) is 7.38. The van der Waals surface area contributed by atoms with Crippen molar-refractivity contribution in [1.29, 1.82) is 0 Å². The van der Waals surface area contributed by atoms with E-state index < -0.39 is 5.91 Å². The smallest absolute Gasteiger partial charge is 0.272 e. The molecule has 0 aliphatic heterocycles. The van der Waals surface area contributed by atoms with Gasteiger partial charge in [-0.05, 0) is 77.9 Å². The Morgan fingerprint density at radius 3 is 2.25 bits per heavy atom. The van der Waals surface area contributed by atoms with Gasteiger partial charge in [0.15, 0.2) is 0 Å². The van der Waals surface area contributed by atoms with Crippen molar-refractivity contribution in [3.05, 3.63) is 138 Å². The van der Waals surface area contributed by atoms with E-state index in [1.165, 1.54) is 11.8 Å². The number of thioether (sulfide) groups is 1. The van der Waals surface area contributed by atoms with Crippen LogP contribution in [-0.4, -0.2) is 30.1 Å². The summed E-state index contributed by atoms with van der Waals surface area (Å²) in [4.78, 5) is 40.0. The molecular formula is C36H31N3O4S. The number of benzene rings is 5. The fourth-order valence-electron chi connectivity index (χ4n) is 4.49. The number of amides is 3. The lowest BCUT2D eigenvalue weighted by Gasteiger charge is -2.13. The molecule has 5 aromatic carbocycles. The molecule has 0 spiro atoms. The summed E-state index contributed by atoms with van der Waals surface area (Å²) >= 11 is 1.38. The number of nitrogens with one attached hydrogen (secondary N) is 3. The average Bonchev–Trinajstić information content (AvgIpc) is 3.05. The van der Waals surface area contributed by atoms with Crippen LogP contribution in [0, 0.1) is 0 Å². The highest BCUT2D eigenvalue weighted by Crippen LogP contribution is 2.26. The molecule has 0 bridgehead atoms. The van der Waals surface area contributed by atoms with Gasteiger partial charge in [-0.15, -0.1) is 11.8 Å². The van der Waals surface area contributed by atoms with E-state index in [9.17, 15) is 14.4 Å². The fraction of sp³-hybridized carbons (Fsp3) is 0.0833. The van der Waals surface area contributed by atoms with Crippen molar-refractivity contribution >= 4 is 57.7 Å². The van der Waals surface area contributed by atoms with Gasteiger partial charge in [0.2, 0.25) is 5.91 Å². The molecule has 220 valence electrons. The molecule has 0 fully saturated rings. The van der Waals surface area contributed by atoms with Crippen LogP contribution in [0.3, 0.4) is 0 Å². The third-order valence-corrected chi connectivity index (χ3v) is 7.61. The third-order valence-electron chi connectivity index (χ3n) is 6.60. The molecule has 0 atom stereocenters. The summed E-state index contributed by atoms with van der Waals surface area (Å²) in [6.45, 7) is 2.40. The number of carbonyl (C=O) groups excluding carboxylic acids is 3. The van der Waals surface area contributed by atoms with Crippen LogP contribution < -0.4 is 20.7 Å². The van der Waals surface area contributed by atoms with Crippen molar-refractivity contribution in [1.82, 2.24) is 5.32 Å². The minimum atomic E-state index is -0.463. The first-order valence-corrected chi connectivity index (χ1v) is 15.1. The SMILES string of the molecule is CCOc1ccccc1NC(=O)CSc1ccc(NC(=O)/C(=C/c2cccc3ccccc23)NC(=O)c2ccccc2)cc1. The Labute approximate surface area is 260 Å². The van der Waals surface area contributed by atoms with Gasteiger partial charge < -0.3 is 20.7 Å². The molecular weight excluding hydrogens is 570 g/mol. The molecule has 0 unspecified atom stereocenters. The average molecular weight is 602 g/mol. The molecule has 3 amide bonds. The number of fused-ring (bicyclic) bond motifs is 1. The maximum absolute atomic E-state index is 13.5. The van der Waals surface area contributed by atoms with Gasteiger partial charge in [-0.25, -0.2) is 0 Å². The summed E-state index contributed by atoms with van der Waals surface area (Å²) in [5, 5.41) is 10.6. The number of hydrogen-bond donors (Lipinski definition) is 3. The summed E-state index contributed by atoms with van der Waals surface area (Å²) in [6, 6.07) is 36.9. The van der Waals surface area contributed by atoms with E-state index in [-0.39, 0.29) is 23.3 Å². The second-order valence-electron chi connectivity index (χ2n) is 9.69. The van der Waals surface area contributed by atoms with E-state index in [1.807, 2.05) is 85.8 Å². The van der Waals surface area contributed by atoms with Gasteiger partial charge in [-0.1, -0.05) is 72.8 Å². The zero-order valence-electron chi connectivity index (χ0n) is 24.1. The van der Waals surface area contributed by atoms with Crippen LogP contribution in [0.2, 0.25) is 0 Å². The number of rotatable bonds is 11. The van der Waals surface area contributed by atoms with E-state index in [4.69, 9.17) is 4.74 Å². The number of anilines is 2. The second-order valence-corrected chi connectivity index (χ2v) is 10.7. The van der Waals surface area contributed by atoms with Crippen molar-refractivity contribution in [2.75, 3.05) is 23.0 Å². The first-order chi connectivity index (χ1) is 21.5. The van der Waals surface area contributed by atoms with Crippen LogP contribution >= 0.6 is 11.8 Å². The van der Waals surface area contributed by atoms with Crippen LogP contribution in [-0.2, 0) is 9.59 Å². The molecule has 5 rings (SSSR count). The van der Waals surface area contributed by atoms with Gasteiger partial charge >= 0.3 is 0 Å². The van der Waals surface area contributed by atoms with Crippen molar-refractivity contribution in [2.24, 2.45) is 0 Å². The van der Waals surface area contributed by atoms with E-state index in [2.05, 4.69) is 16.0 Å². The third kappa shape index (κ3) is 7.93. The normalized spacial score (nSPS) is 11.1. The minimum Gasteiger partial charge on any atom is -0.492 e. The molecule has 0 aliphatic rings. The maximum atomic E-state index is 13.5. The molecule has 8 heteroatoms. The molecule has 0 aliphatic carbocycles. The summed E-state index contributed by atoms with van der Waals surface area (Å²) in [5.74, 6) is -0.175. The molecule has 0 aromatic heterocycles.